The molecule has 8 heteroatoms. The molecule has 0 fully saturated rings. The maximum atomic E-state index is 12.7. The number of hydrogen-bond donors (Lipinski definition) is 1. The van der Waals surface area contributed by atoms with Crippen LogP contribution in [0.1, 0.15) is 65.2 Å². The molecule has 0 aromatic carbocycles. The van der Waals surface area contributed by atoms with Crippen molar-refractivity contribution in [1.82, 2.24) is 30.0 Å². The van der Waals surface area contributed by atoms with Crippen LogP contribution in [0.15, 0.2) is 16.9 Å². The van der Waals surface area contributed by atoms with Gasteiger partial charge in [0, 0.05) is 48.4 Å². The van der Waals surface area contributed by atoms with Crippen LogP contribution in [0.25, 0.3) is 11.4 Å². The summed E-state index contributed by atoms with van der Waals surface area (Å²) in [6.07, 6.45) is 5.16. The van der Waals surface area contributed by atoms with Gasteiger partial charge in [-0.2, -0.15) is 4.98 Å². The van der Waals surface area contributed by atoms with E-state index in [1.54, 1.807) is 11.1 Å². The Morgan fingerprint density at radius 1 is 1.32 bits per heavy atom. The summed E-state index contributed by atoms with van der Waals surface area (Å²) >= 11 is 0. The first-order chi connectivity index (χ1) is 13.5. The molecule has 1 atom stereocenters. The number of aromatic amines is 1. The van der Waals surface area contributed by atoms with Crippen LogP contribution in [-0.2, 0) is 13.0 Å². The Morgan fingerprint density at radius 3 is 2.86 bits per heavy atom. The molecule has 1 amide bonds. The Bertz CT molecular complexity index is 1020. The van der Waals surface area contributed by atoms with Crippen molar-refractivity contribution in [2.24, 2.45) is 0 Å². The van der Waals surface area contributed by atoms with Gasteiger partial charge in [-0.05, 0) is 37.8 Å². The molecule has 1 aliphatic rings. The quantitative estimate of drug-likeness (QED) is 0.746. The van der Waals surface area contributed by atoms with Gasteiger partial charge in [0.05, 0.1) is 0 Å². The minimum atomic E-state index is -0.0977. The molecule has 0 spiro atoms. The van der Waals surface area contributed by atoms with Crippen molar-refractivity contribution in [3.8, 4) is 11.4 Å². The SMILES string of the molecule is CC[C@H](C)c1nc(-c2c(C)ncc3c2CCN(C(=O)c2ncc(C)[nH]2)C3)no1. The summed E-state index contributed by atoms with van der Waals surface area (Å²) in [5.74, 6) is 1.73. The third-order valence-electron chi connectivity index (χ3n) is 5.35. The van der Waals surface area contributed by atoms with E-state index in [1.165, 1.54) is 0 Å². The topological polar surface area (TPSA) is 101 Å². The Hall–Kier alpha value is -3.03. The van der Waals surface area contributed by atoms with Crippen molar-refractivity contribution < 1.29 is 9.32 Å². The monoisotopic (exact) mass is 380 g/mol. The minimum absolute atomic E-state index is 0.0977. The number of aryl methyl sites for hydroxylation is 2. The molecule has 0 aliphatic carbocycles. The summed E-state index contributed by atoms with van der Waals surface area (Å²) in [6, 6.07) is 0. The molecule has 4 rings (SSSR count). The molecule has 0 saturated heterocycles. The van der Waals surface area contributed by atoms with Crippen molar-refractivity contribution in [3.05, 3.63) is 46.6 Å². The van der Waals surface area contributed by atoms with Crippen LogP contribution in [0.3, 0.4) is 0 Å². The van der Waals surface area contributed by atoms with E-state index < -0.39 is 0 Å². The summed E-state index contributed by atoms with van der Waals surface area (Å²) in [6.45, 7) is 9.10. The maximum absolute atomic E-state index is 12.7. The molecule has 3 aromatic rings. The second-order valence-corrected chi connectivity index (χ2v) is 7.38. The van der Waals surface area contributed by atoms with Gasteiger partial charge >= 0.3 is 0 Å². The highest BCUT2D eigenvalue weighted by molar-refractivity contribution is 5.90. The number of nitrogens with zero attached hydrogens (tertiary/aromatic N) is 5. The Balaban J connectivity index is 1.65. The van der Waals surface area contributed by atoms with E-state index >= 15 is 0 Å². The molecule has 3 aromatic heterocycles. The first-order valence-electron chi connectivity index (χ1n) is 9.60. The number of hydrogen-bond acceptors (Lipinski definition) is 6. The van der Waals surface area contributed by atoms with Crippen molar-refractivity contribution in [2.45, 2.75) is 53.0 Å². The number of pyridine rings is 1. The van der Waals surface area contributed by atoms with E-state index in [0.29, 0.717) is 37.0 Å². The molecular formula is C20H24N6O2. The number of carbonyl (C=O) groups excluding carboxylic acids is 1. The highest BCUT2D eigenvalue weighted by Crippen LogP contribution is 2.31. The highest BCUT2D eigenvalue weighted by atomic mass is 16.5. The lowest BCUT2D eigenvalue weighted by Crippen LogP contribution is -2.37. The summed E-state index contributed by atoms with van der Waals surface area (Å²) in [4.78, 5) is 30.8. The lowest BCUT2D eigenvalue weighted by molar-refractivity contribution is 0.0723. The minimum Gasteiger partial charge on any atom is -0.339 e. The molecule has 0 bridgehead atoms. The molecule has 146 valence electrons. The standard InChI is InChI=1S/C20H24N6O2/c1-5-11(2)19-24-17(25-28-19)16-13(4)21-9-14-10-26(7-6-15(14)16)20(27)18-22-8-12(3)23-18/h8-9,11H,5-7,10H2,1-4H3,(H,22,23)/t11-/m0/s1. The molecule has 1 N–H and O–H groups in total. The van der Waals surface area contributed by atoms with Gasteiger partial charge in [-0.1, -0.05) is 19.0 Å². The molecule has 1 aliphatic heterocycles. The van der Waals surface area contributed by atoms with Crippen LogP contribution in [-0.4, -0.2) is 42.4 Å². The lowest BCUT2D eigenvalue weighted by Gasteiger charge is -2.29. The summed E-state index contributed by atoms with van der Waals surface area (Å²) in [5, 5.41) is 4.21. The van der Waals surface area contributed by atoms with Crippen molar-refractivity contribution in [1.29, 1.82) is 0 Å². The number of amides is 1. The number of nitrogens with one attached hydrogen (secondary N) is 1. The van der Waals surface area contributed by atoms with Crippen LogP contribution in [0.2, 0.25) is 0 Å². The first-order valence-corrected chi connectivity index (χ1v) is 9.60. The molecule has 4 heterocycles. The van der Waals surface area contributed by atoms with E-state index in [1.807, 2.05) is 20.0 Å². The van der Waals surface area contributed by atoms with Crippen molar-refractivity contribution in [3.63, 3.8) is 0 Å². The third kappa shape index (κ3) is 3.19. The average Bonchev–Trinajstić information content (AvgIpc) is 3.35. The van der Waals surface area contributed by atoms with Crippen LogP contribution in [0.4, 0.5) is 0 Å². The van der Waals surface area contributed by atoms with Crippen LogP contribution in [0.5, 0.6) is 0 Å². The zero-order valence-electron chi connectivity index (χ0n) is 16.6. The van der Waals surface area contributed by atoms with Gasteiger partial charge in [-0.3, -0.25) is 9.78 Å². The second kappa shape index (κ2) is 7.18. The number of imidazole rings is 1. The predicted octanol–water partition coefficient (Wildman–Crippen LogP) is 3.18. The molecular weight excluding hydrogens is 356 g/mol. The van der Waals surface area contributed by atoms with Crippen molar-refractivity contribution in [2.75, 3.05) is 6.54 Å². The summed E-state index contributed by atoms with van der Waals surface area (Å²) in [5.41, 5.74) is 4.82. The lowest BCUT2D eigenvalue weighted by atomic mass is 9.94. The molecule has 0 saturated carbocycles. The van der Waals surface area contributed by atoms with Crippen molar-refractivity contribution >= 4 is 5.91 Å². The van der Waals surface area contributed by atoms with Crippen LogP contribution < -0.4 is 0 Å². The van der Waals surface area contributed by atoms with E-state index in [4.69, 9.17) is 4.52 Å². The number of H-pyrrole nitrogens is 1. The summed E-state index contributed by atoms with van der Waals surface area (Å²) in [7, 11) is 0. The maximum Gasteiger partial charge on any atom is 0.289 e. The van der Waals surface area contributed by atoms with Crippen LogP contribution in [0, 0.1) is 13.8 Å². The zero-order valence-corrected chi connectivity index (χ0v) is 16.6. The third-order valence-corrected chi connectivity index (χ3v) is 5.35. The molecule has 8 nitrogen and oxygen atoms in total. The van der Waals surface area contributed by atoms with Gasteiger partial charge in [0.2, 0.25) is 11.7 Å². The highest BCUT2D eigenvalue weighted by Gasteiger charge is 2.28. The van der Waals surface area contributed by atoms with Gasteiger partial charge < -0.3 is 14.4 Å². The second-order valence-electron chi connectivity index (χ2n) is 7.38. The Labute approximate surface area is 163 Å². The van der Waals surface area contributed by atoms with E-state index in [0.717, 1.165) is 34.5 Å². The normalized spacial score (nSPS) is 14.8. The summed E-state index contributed by atoms with van der Waals surface area (Å²) < 4.78 is 5.47. The van der Waals surface area contributed by atoms with E-state index in [2.05, 4.69) is 38.9 Å². The van der Waals surface area contributed by atoms with E-state index in [9.17, 15) is 4.79 Å². The average molecular weight is 380 g/mol. The fourth-order valence-corrected chi connectivity index (χ4v) is 3.50. The van der Waals surface area contributed by atoms with Gasteiger partial charge in [0.15, 0.2) is 5.82 Å². The fraction of sp³-hybridized carbons (Fsp3) is 0.450. The zero-order chi connectivity index (χ0) is 19.8. The van der Waals surface area contributed by atoms with Gasteiger partial charge in [0.1, 0.15) is 0 Å². The Kier molecular flexibility index (Phi) is 4.70. The smallest absolute Gasteiger partial charge is 0.289 e. The van der Waals surface area contributed by atoms with Gasteiger partial charge in [-0.15, -0.1) is 0 Å². The van der Waals surface area contributed by atoms with Gasteiger partial charge in [-0.25, -0.2) is 4.98 Å². The predicted molar refractivity (Wildman–Crippen MR) is 103 cm³/mol. The van der Waals surface area contributed by atoms with Crippen LogP contribution >= 0.6 is 0 Å². The number of carbonyl (C=O) groups is 1. The largest absolute Gasteiger partial charge is 0.339 e. The molecule has 0 unspecified atom stereocenters. The number of rotatable bonds is 4. The van der Waals surface area contributed by atoms with E-state index in [-0.39, 0.29) is 11.8 Å². The fourth-order valence-electron chi connectivity index (χ4n) is 3.50. The number of aromatic nitrogens is 5. The van der Waals surface area contributed by atoms with Gasteiger partial charge in [0.25, 0.3) is 5.91 Å². The molecule has 0 radical (unpaired) electrons. The molecule has 28 heavy (non-hydrogen) atoms. The first kappa shape index (κ1) is 18.3. The Morgan fingerprint density at radius 2 is 2.14 bits per heavy atom. The number of fused-ring (bicyclic) bond motifs is 1.